The number of esters is 1. The summed E-state index contributed by atoms with van der Waals surface area (Å²) in [7, 11) is 0. The minimum absolute atomic E-state index is 0.0457. The third-order valence-corrected chi connectivity index (χ3v) is 3.64. The molecule has 12 heavy (non-hydrogen) atoms. The standard InChI is InChI=1S/C10H12O2/c1-5-8-6-2-3-7(4-6)9(8)10(11)12-5/h2-3,5-9H,4H2,1H3/t5-,6+,7-,8+,9-/m1/s1. The lowest BCUT2D eigenvalue weighted by Gasteiger charge is -2.18. The number of hydrogen-bond acceptors (Lipinski definition) is 2. The van der Waals surface area contributed by atoms with Crippen molar-refractivity contribution in [2.45, 2.75) is 19.4 Å². The first-order chi connectivity index (χ1) is 5.77. The molecule has 2 nitrogen and oxygen atoms in total. The maximum Gasteiger partial charge on any atom is 0.310 e. The van der Waals surface area contributed by atoms with Gasteiger partial charge >= 0.3 is 5.97 Å². The number of ether oxygens (including phenoxy) is 1. The van der Waals surface area contributed by atoms with E-state index in [4.69, 9.17) is 4.74 Å². The molecule has 2 fully saturated rings. The van der Waals surface area contributed by atoms with Crippen LogP contribution in [-0.4, -0.2) is 12.1 Å². The van der Waals surface area contributed by atoms with Gasteiger partial charge < -0.3 is 4.74 Å². The van der Waals surface area contributed by atoms with Crippen molar-refractivity contribution in [3.63, 3.8) is 0 Å². The number of rotatable bonds is 0. The molecule has 1 heterocycles. The largest absolute Gasteiger partial charge is 0.462 e. The van der Waals surface area contributed by atoms with Gasteiger partial charge in [-0.2, -0.15) is 0 Å². The lowest BCUT2D eigenvalue weighted by atomic mass is 9.82. The molecule has 0 amide bonds. The van der Waals surface area contributed by atoms with Crippen LogP contribution in [0.2, 0.25) is 0 Å². The molecule has 0 spiro atoms. The van der Waals surface area contributed by atoms with Crippen LogP contribution in [0.4, 0.5) is 0 Å². The van der Waals surface area contributed by atoms with Crippen molar-refractivity contribution in [2.24, 2.45) is 23.7 Å². The molecular weight excluding hydrogens is 152 g/mol. The molecule has 5 atom stereocenters. The summed E-state index contributed by atoms with van der Waals surface area (Å²) in [5.41, 5.74) is 0. The average Bonchev–Trinajstić information content (AvgIpc) is 2.64. The first-order valence-electron chi connectivity index (χ1n) is 4.66. The van der Waals surface area contributed by atoms with Gasteiger partial charge in [-0.25, -0.2) is 0 Å². The highest BCUT2D eigenvalue weighted by Crippen LogP contribution is 2.53. The van der Waals surface area contributed by atoms with E-state index in [1.807, 2.05) is 6.92 Å². The SMILES string of the molecule is C[C@H]1OC(=O)[C@H]2[C@@H]1[C@H]1C=C[C@@H]2C1. The zero-order valence-corrected chi connectivity index (χ0v) is 7.07. The Hall–Kier alpha value is -0.790. The van der Waals surface area contributed by atoms with Gasteiger partial charge in [-0.15, -0.1) is 0 Å². The van der Waals surface area contributed by atoms with E-state index in [1.54, 1.807) is 0 Å². The third-order valence-electron chi connectivity index (χ3n) is 3.64. The van der Waals surface area contributed by atoms with Gasteiger partial charge in [0, 0.05) is 5.92 Å². The number of carbonyl (C=O) groups excluding carboxylic acids is 1. The zero-order valence-electron chi connectivity index (χ0n) is 7.07. The van der Waals surface area contributed by atoms with Crippen molar-refractivity contribution in [1.82, 2.24) is 0 Å². The topological polar surface area (TPSA) is 26.3 Å². The molecule has 3 aliphatic rings. The number of allylic oxidation sites excluding steroid dienone is 2. The fraction of sp³-hybridized carbons (Fsp3) is 0.700. The van der Waals surface area contributed by atoms with Gasteiger partial charge in [-0.1, -0.05) is 12.2 Å². The number of carbonyl (C=O) groups is 1. The van der Waals surface area contributed by atoms with Crippen molar-refractivity contribution in [3.05, 3.63) is 12.2 Å². The summed E-state index contributed by atoms with van der Waals surface area (Å²) in [6, 6.07) is 0. The maximum absolute atomic E-state index is 11.4. The van der Waals surface area contributed by atoms with Gasteiger partial charge in [0.2, 0.25) is 0 Å². The smallest absolute Gasteiger partial charge is 0.310 e. The zero-order chi connectivity index (χ0) is 8.29. The number of hydrogen-bond donors (Lipinski definition) is 0. The molecule has 1 aliphatic heterocycles. The van der Waals surface area contributed by atoms with Crippen molar-refractivity contribution < 1.29 is 9.53 Å². The molecule has 64 valence electrons. The van der Waals surface area contributed by atoms with Gasteiger partial charge in [0.25, 0.3) is 0 Å². The summed E-state index contributed by atoms with van der Waals surface area (Å²) >= 11 is 0. The second-order valence-corrected chi connectivity index (χ2v) is 4.19. The minimum atomic E-state index is 0.0457. The maximum atomic E-state index is 11.4. The van der Waals surface area contributed by atoms with E-state index < -0.39 is 0 Å². The summed E-state index contributed by atoms with van der Waals surface area (Å²) < 4.78 is 5.23. The van der Waals surface area contributed by atoms with Crippen LogP contribution < -0.4 is 0 Å². The fourth-order valence-corrected chi connectivity index (χ4v) is 3.17. The molecule has 0 radical (unpaired) electrons. The quantitative estimate of drug-likeness (QED) is 0.399. The number of fused-ring (bicyclic) bond motifs is 5. The van der Waals surface area contributed by atoms with Gasteiger partial charge in [0.05, 0.1) is 5.92 Å². The van der Waals surface area contributed by atoms with Crippen LogP contribution in [-0.2, 0) is 9.53 Å². The van der Waals surface area contributed by atoms with Crippen molar-refractivity contribution in [3.8, 4) is 0 Å². The molecule has 3 rings (SSSR count). The Balaban J connectivity index is 2.03. The van der Waals surface area contributed by atoms with E-state index >= 15 is 0 Å². The summed E-state index contributed by atoms with van der Waals surface area (Å²) in [6.07, 6.45) is 5.81. The van der Waals surface area contributed by atoms with Crippen molar-refractivity contribution in [2.75, 3.05) is 0 Å². The molecule has 2 aliphatic carbocycles. The summed E-state index contributed by atoms with van der Waals surface area (Å²) in [5, 5.41) is 0. The molecule has 0 unspecified atom stereocenters. The number of cyclic esters (lactones) is 1. The monoisotopic (exact) mass is 164 g/mol. The van der Waals surface area contributed by atoms with Crippen LogP contribution in [0.3, 0.4) is 0 Å². The van der Waals surface area contributed by atoms with Gasteiger partial charge in [-0.3, -0.25) is 4.79 Å². The van der Waals surface area contributed by atoms with Crippen molar-refractivity contribution in [1.29, 1.82) is 0 Å². The molecule has 0 aromatic heterocycles. The van der Waals surface area contributed by atoms with Crippen LogP contribution in [0.1, 0.15) is 13.3 Å². The van der Waals surface area contributed by atoms with Crippen LogP contribution in [0.5, 0.6) is 0 Å². The highest BCUT2D eigenvalue weighted by molar-refractivity contribution is 5.77. The van der Waals surface area contributed by atoms with Crippen LogP contribution in [0.15, 0.2) is 12.2 Å². The Bertz CT molecular complexity index is 269. The van der Waals surface area contributed by atoms with E-state index in [9.17, 15) is 4.79 Å². The molecule has 1 saturated heterocycles. The first kappa shape index (κ1) is 6.70. The van der Waals surface area contributed by atoms with Crippen LogP contribution >= 0.6 is 0 Å². The molecule has 2 bridgehead atoms. The Morgan fingerprint density at radius 1 is 1.42 bits per heavy atom. The van der Waals surface area contributed by atoms with Crippen molar-refractivity contribution >= 4 is 5.97 Å². The first-order valence-corrected chi connectivity index (χ1v) is 4.66. The molecule has 0 aromatic rings. The Morgan fingerprint density at radius 2 is 2.17 bits per heavy atom. The summed E-state index contributed by atoms with van der Waals surface area (Å²) in [4.78, 5) is 11.4. The lowest BCUT2D eigenvalue weighted by Crippen LogP contribution is -2.22. The van der Waals surface area contributed by atoms with E-state index in [0.29, 0.717) is 17.8 Å². The van der Waals surface area contributed by atoms with Gasteiger partial charge in [-0.05, 0) is 25.2 Å². The molecular formula is C10H12O2. The second-order valence-electron chi connectivity index (χ2n) is 4.19. The predicted molar refractivity (Wildman–Crippen MR) is 43.3 cm³/mol. The highest BCUT2D eigenvalue weighted by atomic mass is 16.6. The van der Waals surface area contributed by atoms with E-state index in [0.717, 1.165) is 0 Å². The third kappa shape index (κ3) is 0.598. The molecule has 2 heteroatoms. The van der Waals surface area contributed by atoms with E-state index in [1.165, 1.54) is 6.42 Å². The van der Waals surface area contributed by atoms with Crippen LogP contribution in [0.25, 0.3) is 0 Å². The Labute approximate surface area is 71.6 Å². The summed E-state index contributed by atoms with van der Waals surface area (Å²) in [6.45, 7) is 2.02. The van der Waals surface area contributed by atoms with Crippen LogP contribution in [0, 0.1) is 23.7 Å². The fourth-order valence-electron chi connectivity index (χ4n) is 3.17. The summed E-state index contributed by atoms with van der Waals surface area (Å²) in [5.74, 6) is 1.87. The predicted octanol–water partition coefficient (Wildman–Crippen LogP) is 1.37. The Kier molecular flexibility index (Phi) is 1.07. The minimum Gasteiger partial charge on any atom is -0.462 e. The van der Waals surface area contributed by atoms with E-state index in [-0.39, 0.29) is 18.0 Å². The Morgan fingerprint density at radius 3 is 2.92 bits per heavy atom. The second kappa shape index (κ2) is 1.93. The normalized spacial score (nSPS) is 54.4. The lowest BCUT2D eigenvalue weighted by molar-refractivity contribution is -0.144. The van der Waals surface area contributed by atoms with Gasteiger partial charge in [0.1, 0.15) is 6.10 Å². The van der Waals surface area contributed by atoms with Gasteiger partial charge in [0.15, 0.2) is 0 Å². The average molecular weight is 164 g/mol. The molecule has 0 N–H and O–H groups in total. The molecule has 1 saturated carbocycles. The highest BCUT2D eigenvalue weighted by Gasteiger charge is 2.56. The van der Waals surface area contributed by atoms with E-state index in [2.05, 4.69) is 12.2 Å². The molecule has 0 aromatic carbocycles.